The second-order valence-corrected chi connectivity index (χ2v) is 10.6. The van der Waals surface area contributed by atoms with E-state index < -0.39 is 0 Å². The van der Waals surface area contributed by atoms with E-state index in [9.17, 15) is 9.59 Å². The fraction of sp³-hybridized carbons (Fsp3) is 0.417. The average Bonchev–Trinajstić information content (AvgIpc) is 3.42. The number of hydrogen-bond donors (Lipinski definition) is 0. The zero-order chi connectivity index (χ0) is 23.8. The number of esters is 1. The highest BCUT2D eigenvalue weighted by Gasteiger charge is 2.30. The first-order valence-corrected chi connectivity index (χ1v) is 13.1. The Morgan fingerprint density at radius 1 is 1.29 bits per heavy atom. The van der Waals surface area contributed by atoms with E-state index in [0.717, 1.165) is 20.8 Å². The molecule has 8 nitrogen and oxygen atoms in total. The summed E-state index contributed by atoms with van der Waals surface area (Å²) >= 11 is 2.82. The van der Waals surface area contributed by atoms with Gasteiger partial charge in [-0.1, -0.05) is 55.9 Å². The maximum absolute atomic E-state index is 13.9. The number of ether oxygens (including phenoxy) is 2. The SMILES string of the molecule is CCOC(=O)CSc1nnc2n(Cc3ccccc3)c(=O)c3c4c(sc3n12)CO[C@@H](C(C)C)C4. The molecule has 0 N–H and O–H groups in total. The van der Waals surface area contributed by atoms with Crippen LogP contribution in [0.25, 0.3) is 16.0 Å². The number of rotatable bonds is 7. The minimum Gasteiger partial charge on any atom is -0.465 e. The van der Waals surface area contributed by atoms with Gasteiger partial charge in [0, 0.05) is 11.3 Å². The highest BCUT2D eigenvalue weighted by molar-refractivity contribution is 7.99. The maximum atomic E-state index is 13.9. The topological polar surface area (TPSA) is 87.7 Å². The number of nitrogens with zero attached hydrogens (tertiary/aromatic N) is 4. The van der Waals surface area contributed by atoms with Crippen LogP contribution in [-0.2, 0) is 33.8 Å². The molecule has 0 saturated carbocycles. The molecule has 0 spiro atoms. The van der Waals surface area contributed by atoms with Gasteiger partial charge in [0.05, 0.1) is 37.0 Å². The second-order valence-electron chi connectivity index (χ2n) is 8.57. The summed E-state index contributed by atoms with van der Waals surface area (Å²) in [5.41, 5.74) is 2.00. The Morgan fingerprint density at radius 3 is 2.82 bits per heavy atom. The van der Waals surface area contributed by atoms with Crippen molar-refractivity contribution in [3.05, 3.63) is 56.7 Å². The van der Waals surface area contributed by atoms with Crippen LogP contribution in [0.3, 0.4) is 0 Å². The van der Waals surface area contributed by atoms with E-state index in [4.69, 9.17) is 9.47 Å². The number of hydrogen-bond acceptors (Lipinski definition) is 8. The van der Waals surface area contributed by atoms with Crippen LogP contribution in [0.4, 0.5) is 0 Å². The Morgan fingerprint density at radius 2 is 2.09 bits per heavy atom. The van der Waals surface area contributed by atoms with Gasteiger partial charge in [0.25, 0.3) is 5.56 Å². The van der Waals surface area contributed by atoms with E-state index in [-0.39, 0.29) is 23.4 Å². The first-order chi connectivity index (χ1) is 16.5. The molecule has 0 radical (unpaired) electrons. The Bertz CT molecular complexity index is 1410. The third kappa shape index (κ3) is 4.14. The maximum Gasteiger partial charge on any atom is 0.316 e. The lowest BCUT2D eigenvalue weighted by Gasteiger charge is -2.26. The minimum atomic E-state index is -0.309. The molecule has 1 atom stereocenters. The molecule has 0 fully saturated rings. The molecule has 0 amide bonds. The summed E-state index contributed by atoms with van der Waals surface area (Å²) in [7, 11) is 0. The number of carbonyl (C=O) groups excluding carboxylic acids is 1. The third-order valence-corrected chi connectivity index (χ3v) is 8.07. The minimum absolute atomic E-state index is 0.0670. The molecule has 1 aliphatic rings. The zero-order valence-electron chi connectivity index (χ0n) is 19.3. The van der Waals surface area contributed by atoms with Gasteiger partial charge < -0.3 is 9.47 Å². The predicted molar refractivity (Wildman–Crippen MR) is 133 cm³/mol. The van der Waals surface area contributed by atoms with Crippen LogP contribution in [-0.4, -0.2) is 43.6 Å². The van der Waals surface area contributed by atoms with E-state index in [1.807, 2.05) is 34.7 Å². The van der Waals surface area contributed by atoms with Crippen LogP contribution >= 0.6 is 23.1 Å². The molecule has 4 aromatic rings. The van der Waals surface area contributed by atoms with E-state index in [0.29, 0.717) is 48.4 Å². The molecule has 1 aliphatic heterocycles. The van der Waals surface area contributed by atoms with E-state index in [2.05, 4.69) is 24.0 Å². The molecule has 0 unspecified atom stereocenters. The Balaban J connectivity index is 1.70. The van der Waals surface area contributed by atoms with Gasteiger partial charge in [-0.05, 0) is 24.0 Å². The number of aromatic nitrogens is 4. The fourth-order valence-corrected chi connectivity index (χ4v) is 6.28. The van der Waals surface area contributed by atoms with Crippen LogP contribution in [0.15, 0.2) is 40.3 Å². The van der Waals surface area contributed by atoms with Crippen LogP contribution in [0.2, 0.25) is 0 Å². The Labute approximate surface area is 204 Å². The van der Waals surface area contributed by atoms with Gasteiger partial charge in [0.1, 0.15) is 4.83 Å². The van der Waals surface area contributed by atoms with Gasteiger partial charge in [-0.2, -0.15) is 0 Å². The summed E-state index contributed by atoms with van der Waals surface area (Å²) in [6, 6.07) is 9.85. The molecule has 0 aliphatic carbocycles. The van der Waals surface area contributed by atoms with Crippen molar-refractivity contribution in [1.82, 2.24) is 19.2 Å². The molecule has 0 saturated heterocycles. The Hall–Kier alpha value is -2.69. The third-order valence-electron chi connectivity index (χ3n) is 5.98. The van der Waals surface area contributed by atoms with Crippen molar-refractivity contribution in [2.75, 3.05) is 12.4 Å². The largest absolute Gasteiger partial charge is 0.465 e. The molecule has 5 rings (SSSR count). The lowest BCUT2D eigenvalue weighted by Crippen LogP contribution is -2.28. The molecule has 178 valence electrons. The molecular formula is C24H26N4O4S2. The first-order valence-electron chi connectivity index (χ1n) is 11.3. The fourth-order valence-electron chi connectivity index (χ4n) is 4.25. The highest BCUT2D eigenvalue weighted by Crippen LogP contribution is 2.37. The summed E-state index contributed by atoms with van der Waals surface area (Å²) in [6.45, 7) is 7.26. The van der Waals surface area contributed by atoms with Gasteiger partial charge in [0.15, 0.2) is 5.16 Å². The lowest BCUT2D eigenvalue weighted by atomic mass is 9.96. The number of thiophene rings is 1. The molecule has 1 aromatic carbocycles. The van der Waals surface area contributed by atoms with Gasteiger partial charge in [-0.15, -0.1) is 21.5 Å². The molecule has 3 aromatic heterocycles. The van der Waals surface area contributed by atoms with Crippen molar-refractivity contribution >= 4 is 45.1 Å². The van der Waals surface area contributed by atoms with Crippen molar-refractivity contribution in [1.29, 1.82) is 0 Å². The lowest BCUT2D eigenvalue weighted by molar-refractivity contribution is -0.139. The van der Waals surface area contributed by atoms with Crippen molar-refractivity contribution in [3.8, 4) is 0 Å². The van der Waals surface area contributed by atoms with Gasteiger partial charge in [-0.25, -0.2) is 4.40 Å². The van der Waals surface area contributed by atoms with Crippen molar-refractivity contribution in [2.24, 2.45) is 5.92 Å². The summed E-state index contributed by atoms with van der Waals surface area (Å²) in [5.74, 6) is 0.630. The molecule has 34 heavy (non-hydrogen) atoms. The van der Waals surface area contributed by atoms with Gasteiger partial charge in [0.2, 0.25) is 5.78 Å². The highest BCUT2D eigenvalue weighted by atomic mass is 32.2. The summed E-state index contributed by atoms with van der Waals surface area (Å²) < 4.78 is 14.8. The van der Waals surface area contributed by atoms with Gasteiger partial charge >= 0.3 is 5.97 Å². The van der Waals surface area contributed by atoms with E-state index in [1.54, 1.807) is 22.8 Å². The molecular weight excluding hydrogens is 472 g/mol. The van der Waals surface area contributed by atoms with Crippen LogP contribution in [0, 0.1) is 5.92 Å². The molecule has 10 heteroatoms. The predicted octanol–water partition coefficient (Wildman–Crippen LogP) is 3.91. The summed E-state index contributed by atoms with van der Waals surface area (Å²) in [5, 5.41) is 10.0. The zero-order valence-corrected chi connectivity index (χ0v) is 20.9. The number of benzene rings is 1. The van der Waals surface area contributed by atoms with Crippen molar-refractivity contribution in [2.45, 2.75) is 51.6 Å². The van der Waals surface area contributed by atoms with Crippen LogP contribution in [0.5, 0.6) is 0 Å². The smallest absolute Gasteiger partial charge is 0.316 e. The van der Waals surface area contributed by atoms with E-state index >= 15 is 0 Å². The Kier molecular flexibility index (Phi) is 6.46. The number of carbonyl (C=O) groups is 1. The number of fused-ring (bicyclic) bond motifs is 5. The van der Waals surface area contributed by atoms with Crippen LogP contribution in [0.1, 0.15) is 36.8 Å². The van der Waals surface area contributed by atoms with Crippen molar-refractivity contribution < 1.29 is 14.3 Å². The van der Waals surface area contributed by atoms with E-state index in [1.165, 1.54) is 11.8 Å². The average molecular weight is 499 g/mol. The van der Waals surface area contributed by atoms with Crippen molar-refractivity contribution in [3.63, 3.8) is 0 Å². The van der Waals surface area contributed by atoms with Crippen LogP contribution < -0.4 is 5.56 Å². The summed E-state index contributed by atoms with van der Waals surface area (Å²) in [4.78, 5) is 27.7. The normalized spacial score (nSPS) is 15.8. The molecule has 4 heterocycles. The van der Waals surface area contributed by atoms with Gasteiger partial charge in [-0.3, -0.25) is 14.2 Å². The second kappa shape index (κ2) is 9.52. The number of thioether (sulfide) groups is 1. The summed E-state index contributed by atoms with van der Waals surface area (Å²) in [6.07, 6.45) is 0.772. The monoisotopic (exact) mass is 498 g/mol. The quantitative estimate of drug-likeness (QED) is 0.282. The standard InChI is InChI=1S/C24H26N4O4S2/c1-4-31-19(29)13-33-24-26-25-23-27(11-15-8-6-5-7-9-15)21(30)20-16-10-17(14(2)3)32-12-18(16)34-22(20)28(23)24/h5-9,14,17H,4,10-13H2,1-3H3/t17-/m1/s1. The molecule has 0 bridgehead atoms. The first kappa shape index (κ1) is 23.1.